The molecule has 0 spiro atoms. The molecule has 12 heavy (non-hydrogen) atoms. The van der Waals surface area contributed by atoms with E-state index in [2.05, 4.69) is 10.4 Å². The first-order valence-electron chi connectivity index (χ1n) is 3.71. The maximum Gasteiger partial charge on any atom is 0.126 e. The molecule has 0 heterocycles. The van der Waals surface area contributed by atoms with E-state index in [4.69, 9.17) is 0 Å². The molecule has 0 aromatic heterocycles. The van der Waals surface area contributed by atoms with Gasteiger partial charge in [-0.25, -0.2) is 0 Å². The van der Waals surface area contributed by atoms with E-state index in [1.54, 1.807) is 32.1 Å². The van der Waals surface area contributed by atoms with Crippen LogP contribution >= 0.6 is 0 Å². The third-order valence-corrected chi connectivity index (χ3v) is 2.32. The van der Waals surface area contributed by atoms with E-state index in [1.807, 2.05) is 0 Å². The van der Waals surface area contributed by atoms with Crippen molar-refractivity contribution < 1.29 is 0 Å². The Morgan fingerprint density at radius 1 is 1.50 bits per heavy atom. The first-order chi connectivity index (χ1) is 5.64. The predicted molar refractivity (Wildman–Crippen MR) is 46.4 cm³/mol. The molecular weight excluding hydrogens is 156 g/mol. The van der Waals surface area contributed by atoms with Crippen LogP contribution in [-0.2, 0) is 0 Å². The molecule has 0 saturated heterocycles. The summed E-state index contributed by atoms with van der Waals surface area (Å²) in [6, 6.07) is 0. The zero-order valence-electron chi connectivity index (χ0n) is 7.02. The van der Waals surface area contributed by atoms with E-state index < -0.39 is 5.54 Å². The Bertz CT molecular complexity index is 270. The van der Waals surface area contributed by atoms with Crippen molar-refractivity contribution in [3.05, 3.63) is 33.7 Å². The second-order valence-corrected chi connectivity index (χ2v) is 3.08. The largest absolute Gasteiger partial charge is 0.150 e. The van der Waals surface area contributed by atoms with E-state index in [9.17, 15) is 9.81 Å². The summed E-state index contributed by atoms with van der Waals surface area (Å²) in [5.74, 6) is -0.238. The lowest BCUT2D eigenvalue weighted by Crippen LogP contribution is -2.30. The molecule has 2 atom stereocenters. The Labute approximate surface area is 70.3 Å². The summed E-state index contributed by atoms with van der Waals surface area (Å²) in [7, 11) is 0. The minimum absolute atomic E-state index is 0.238. The SMILES string of the molecule is CC1C(N=O)=CC=CC1(C)N=O. The highest BCUT2D eigenvalue weighted by Gasteiger charge is 2.34. The molecule has 0 aromatic carbocycles. The Morgan fingerprint density at radius 2 is 2.17 bits per heavy atom. The van der Waals surface area contributed by atoms with Crippen molar-refractivity contribution in [2.45, 2.75) is 19.4 Å². The Hall–Kier alpha value is -1.32. The van der Waals surface area contributed by atoms with E-state index in [0.717, 1.165) is 0 Å². The molecule has 0 aliphatic heterocycles. The molecule has 1 aliphatic carbocycles. The van der Waals surface area contributed by atoms with E-state index in [0.29, 0.717) is 5.70 Å². The highest BCUT2D eigenvalue weighted by Crippen LogP contribution is 2.32. The topological polar surface area (TPSA) is 58.9 Å². The minimum atomic E-state index is -0.821. The maximum atomic E-state index is 10.5. The molecule has 0 aromatic rings. The van der Waals surface area contributed by atoms with Gasteiger partial charge in [0, 0.05) is 5.92 Å². The summed E-state index contributed by atoms with van der Waals surface area (Å²) in [6.45, 7) is 3.44. The van der Waals surface area contributed by atoms with Crippen molar-refractivity contribution in [2.24, 2.45) is 16.3 Å². The summed E-state index contributed by atoms with van der Waals surface area (Å²) in [5.41, 5.74) is -0.447. The summed E-state index contributed by atoms with van der Waals surface area (Å²) in [4.78, 5) is 20.8. The fourth-order valence-corrected chi connectivity index (χ4v) is 1.15. The van der Waals surface area contributed by atoms with Gasteiger partial charge < -0.3 is 0 Å². The van der Waals surface area contributed by atoms with Crippen molar-refractivity contribution in [3.8, 4) is 0 Å². The normalized spacial score (nSPS) is 34.2. The molecule has 0 fully saturated rings. The highest BCUT2D eigenvalue weighted by molar-refractivity contribution is 5.28. The van der Waals surface area contributed by atoms with Crippen molar-refractivity contribution in [3.63, 3.8) is 0 Å². The number of hydrogen-bond acceptors (Lipinski definition) is 4. The molecule has 4 nitrogen and oxygen atoms in total. The van der Waals surface area contributed by atoms with Gasteiger partial charge >= 0.3 is 0 Å². The molecule has 2 unspecified atom stereocenters. The Balaban J connectivity index is 3.02. The second kappa shape index (κ2) is 2.97. The molecule has 64 valence electrons. The third-order valence-electron chi connectivity index (χ3n) is 2.32. The lowest BCUT2D eigenvalue weighted by atomic mass is 9.82. The fourth-order valence-electron chi connectivity index (χ4n) is 1.15. The van der Waals surface area contributed by atoms with Gasteiger partial charge in [-0.05, 0) is 18.2 Å². The predicted octanol–water partition coefficient (Wildman–Crippen LogP) is 2.37. The van der Waals surface area contributed by atoms with Crippen LogP contribution in [0, 0.1) is 15.7 Å². The van der Waals surface area contributed by atoms with Gasteiger partial charge in [-0.1, -0.05) is 24.3 Å². The van der Waals surface area contributed by atoms with Crippen LogP contribution < -0.4 is 0 Å². The summed E-state index contributed by atoms with van der Waals surface area (Å²) < 4.78 is 0. The van der Waals surface area contributed by atoms with Gasteiger partial charge in [0.2, 0.25) is 0 Å². The van der Waals surface area contributed by atoms with Gasteiger partial charge in [0.15, 0.2) is 0 Å². The minimum Gasteiger partial charge on any atom is -0.150 e. The zero-order valence-corrected chi connectivity index (χ0v) is 7.02. The van der Waals surface area contributed by atoms with Crippen LogP contribution in [0.3, 0.4) is 0 Å². The Kier molecular flexibility index (Phi) is 2.17. The molecule has 0 N–H and O–H groups in total. The molecule has 1 aliphatic rings. The Morgan fingerprint density at radius 3 is 2.67 bits per heavy atom. The van der Waals surface area contributed by atoms with Gasteiger partial charge in [-0.15, -0.1) is 9.81 Å². The molecule has 0 saturated carbocycles. The first kappa shape index (κ1) is 8.77. The van der Waals surface area contributed by atoms with Gasteiger partial charge in [-0.2, -0.15) is 0 Å². The van der Waals surface area contributed by atoms with E-state index in [1.165, 1.54) is 0 Å². The van der Waals surface area contributed by atoms with Crippen molar-refractivity contribution >= 4 is 0 Å². The van der Waals surface area contributed by atoms with Gasteiger partial charge in [0.25, 0.3) is 0 Å². The average Bonchev–Trinajstić information content (AvgIpc) is 2.10. The lowest BCUT2D eigenvalue weighted by molar-refractivity contribution is 0.431. The summed E-state index contributed by atoms with van der Waals surface area (Å²) in [5, 5.41) is 5.82. The van der Waals surface area contributed by atoms with Crippen LogP contribution in [0.1, 0.15) is 13.8 Å². The summed E-state index contributed by atoms with van der Waals surface area (Å²) >= 11 is 0. The second-order valence-electron chi connectivity index (χ2n) is 3.08. The van der Waals surface area contributed by atoms with Crippen LogP contribution in [0.5, 0.6) is 0 Å². The molecule has 0 radical (unpaired) electrons. The lowest BCUT2D eigenvalue weighted by Gasteiger charge is -2.26. The quantitative estimate of drug-likeness (QED) is 0.591. The van der Waals surface area contributed by atoms with Crippen molar-refractivity contribution in [1.29, 1.82) is 0 Å². The maximum absolute atomic E-state index is 10.5. The fraction of sp³-hybridized carbons (Fsp3) is 0.500. The van der Waals surface area contributed by atoms with E-state index >= 15 is 0 Å². The number of rotatable bonds is 2. The molecule has 4 heteroatoms. The standard InChI is InChI=1S/C8H10N2O2/c1-6-7(9-11)4-3-5-8(6,2)10-12/h3-6H,1-2H3. The average molecular weight is 166 g/mol. The number of allylic oxidation sites excluding steroid dienone is 2. The highest BCUT2D eigenvalue weighted by atomic mass is 16.3. The van der Waals surface area contributed by atoms with Crippen LogP contribution in [-0.4, -0.2) is 5.54 Å². The van der Waals surface area contributed by atoms with E-state index in [-0.39, 0.29) is 5.92 Å². The monoisotopic (exact) mass is 166 g/mol. The van der Waals surface area contributed by atoms with Crippen LogP contribution in [0.25, 0.3) is 0 Å². The molecule has 0 amide bonds. The number of hydrogen-bond donors (Lipinski definition) is 0. The van der Waals surface area contributed by atoms with Crippen molar-refractivity contribution in [1.82, 2.24) is 0 Å². The third kappa shape index (κ3) is 1.20. The van der Waals surface area contributed by atoms with Gasteiger partial charge in [0.05, 0.1) is 5.70 Å². The van der Waals surface area contributed by atoms with Crippen LogP contribution in [0.4, 0.5) is 0 Å². The summed E-state index contributed by atoms with van der Waals surface area (Å²) in [6.07, 6.45) is 4.92. The molecule has 0 bridgehead atoms. The van der Waals surface area contributed by atoms with Crippen LogP contribution in [0.2, 0.25) is 0 Å². The first-order valence-corrected chi connectivity index (χ1v) is 3.71. The zero-order chi connectivity index (χ0) is 9.19. The van der Waals surface area contributed by atoms with Crippen LogP contribution in [0.15, 0.2) is 34.3 Å². The smallest absolute Gasteiger partial charge is 0.126 e. The number of nitrogens with zero attached hydrogens (tertiary/aromatic N) is 2. The number of nitroso groups, excluding NO2 is 2. The molecule has 1 rings (SSSR count). The van der Waals surface area contributed by atoms with Crippen molar-refractivity contribution in [2.75, 3.05) is 0 Å². The van der Waals surface area contributed by atoms with Gasteiger partial charge in [-0.3, -0.25) is 0 Å². The van der Waals surface area contributed by atoms with Gasteiger partial charge in [0.1, 0.15) is 5.54 Å². The molecular formula is C8H10N2O2.